The molecule has 0 spiro atoms. The van der Waals surface area contributed by atoms with Gasteiger partial charge < -0.3 is 9.80 Å². The molecule has 3 aliphatic carbocycles. The first kappa shape index (κ1) is 50.0. The molecule has 2 nitrogen and oxygen atoms in total. The van der Waals surface area contributed by atoms with E-state index >= 15 is 0 Å². The van der Waals surface area contributed by atoms with Crippen LogP contribution >= 0.6 is 0 Å². The molecule has 0 saturated carbocycles. The first-order valence-corrected chi connectivity index (χ1v) is 28.5. The maximum Gasteiger partial charge on any atom is 0.252 e. The first-order valence-electron chi connectivity index (χ1n) is 28.5. The minimum absolute atomic E-state index is 0.0176. The summed E-state index contributed by atoms with van der Waals surface area (Å²) in [5, 5.41) is 0. The average Bonchev–Trinajstić information content (AvgIpc) is 3.62. The highest BCUT2D eigenvalue weighted by Gasteiger charge is 2.51. The number of nitrogens with zero attached hydrogens (tertiary/aromatic N) is 2. The second kappa shape index (κ2) is 15.7. The van der Waals surface area contributed by atoms with Gasteiger partial charge in [0.2, 0.25) is 0 Å². The zero-order valence-electron chi connectivity index (χ0n) is 49.1. The zero-order valence-corrected chi connectivity index (χ0v) is 49.1. The molecule has 3 heteroatoms. The smallest absolute Gasteiger partial charge is 0.252 e. The third-order valence-electron chi connectivity index (χ3n) is 19.8. The van der Waals surface area contributed by atoms with Crippen molar-refractivity contribution in [3.8, 4) is 11.1 Å². The number of rotatable bonds is 3. The van der Waals surface area contributed by atoms with Crippen LogP contribution in [0.15, 0.2) is 121 Å². The molecule has 7 aromatic rings. The van der Waals surface area contributed by atoms with Gasteiger partial charge in [-0.1, -0.05) is 203 Å². The Hall–Kier alpha value is -5.80. The van der Waals surface area contributed by atoms with E-state index in [2.05, 4.69) is 263 Å². The lowest BCUT2D eigenvalue weighted by molar-refractivity contribution is 0.332. The van der Waals surface area contributed by atoms with Gasteiger partial charge >= 0.3 is 0 Å². The number of hydrogen-bond donors (Lipinski definition) is 0. The van der Waals surface area contributed by atoms with Gasteiger partial charge in [0.1, 0.15) is 0 Å². The molecule has 12 rings (SSSR count). The van der Waals surface area contributed by atoms with Crippen molar-refractivity contribution in [2.45, 2.75) is 194 Å². The Balaban J connectivity index is 1.27. The Labute approximate surface area is 452 Å². The Morgan fingerprint density at radius 3 is 1.37 bits per heavy atom. The van der Waals surface area contributed by atoms with Crippen molar-refractivity contribution in [1.82, 2.24) is 0 Å². The lowest BCUT2D eigenvalue weighted by atomic mass is 9.32. The molecular weight excluding hydrogens is 904 g/mol. The molecule has 2 heterocycles. The summed E-state index contributed by atoms with van der Waals surface area (Å²) in [7, 11) is 0. The fourth-order valence-electron chi connectivity index (χ4n) is 15.3. The van der Waals surface area contributed by atoms with E-state index in [0.717, 1.165) is 6.42 Å². The van der Waals surface area contributed by atoms with Gasteiger partial charge in [-0.05, 0) is 184 Å². The van der Waals surface area contributed by atoms with Crippen LogP contribution in [0, 0.1) is 6.92 Å². The van der Waals surface area contributed by atoms with Gasteiger partial charge in [-0.15, -0.1) is 0 Å². The maximum absolute atomic E-state index is 2.78. The van der Waals surface area contributed by atoms with E-state index in [1.54, 1.807) is 0 Å². The molecule has 5 aliphatic rings. The highest BCUT2D eigenvalue weighted by atomic mass is 15.2. The number of benzene rings is 7. The molecular formula is C72H83BN2. The second-order valence-corrected chi connectivity index (χ2v) is 29.7. The van der Waals surface area contributed by atoms with E-state index in [1.165, 1.54) is 136 Å². The van der Waals surface area contributed by atoms with E-state index < -0.39 is 0 Å². The maximum atomic E-state index is 2.78. The fourth-order valence-corrected chi connectivity index (χ4v) is 15.3. The van der Waals surface area contributed by atoms with Crippen molar-refractivity contribution in [3.05, 3.63) is 183 Å². The largest absolute Gasteiger partial charge is 0.311 e. The second-order valence-electron chi connectivity index (χ2n) is 29.7. The summed E-state index contributed by atoms with van der Waals surface area (Å²) in [4.78, 5) is 5.52. The topological polar surface area (TPSA) is 6.48 Å². The quantitative estimate of drug-likeness (QED) is 0.163. The molecule has 0 atom stereocenters. The van der Waals surface area contributed by atoms with Crippen LogP contribution in [-0.2, 0) is 43.3 Å². The summed E-state index contributed by atoms with van der Waals surface area (Å²) in [6, 6.07) is 49.2. The van der Waals surface area contributed by atoms with Crippen LogP contribution in [0.4, 0.5) is 34.1 Å². The van der Waals surface area contributed by atoms with Crippen molar-refractivity contribution in [1.29, 1.82) is 0 Å². The van der Waals surface area contributed by atoms with Crippen molar-refractivity contribution >= 4 is 57.2 Å². The Morgan fingerprint density at radius 1 is 0.387 bits per heavy atom. The van der Waals surface area contributed by atoms with Crippen molar-refractivity contribution < 1.29 is 0 Å². The number of aryl methyl sites for hydroxylation is 1. The SMILES string of the molecule is Cc1cc2c(cc1N1c3cc4c(cc3B3c5cc6c(cc5N(c5ccc(C(C)(C)C)cc5-c5ccccc5)c5cc(C(C)(C)C)cc1c53)C(C)(C)c1ccccc1C6(C)C)C(C)(C)CC4(C)C)C(C)(C)CCC2(C)C. The lowest BCUT2D eigenvalue weighted by Gasteiger charge is -2.49. The normalized spacial score (nSPS) is 19.5. The summed E-state index contributed by atoms with van der Waals surface area (Å²) in [6.45, 7) is 46.5. The van der Waals surface area contributed by atoms with E-state index in [9.17, 15) is 0 Å². The molecule has 384 valence electrons. The molecule has 0 amide bonds. The van der Waals surface area contributed by atoms with Crippen molar-refractivity contribution in [3.63, 3.8) is 0 Å². The van der Waals surface area contributed by atoms with Gasteiger partial charge in [0.15, 0.2) is 0 Å². The standard InChI is InChI=1S/C72H83BN2/c1-43-33-50-52(68(10,11)32-31-67(50,8)9)39-59(43)75-60-40-53-51(69(12,13)42-70(53,14)15)37-56(60)73-57-38-54-55(72(18,19)49-28-24-23-27-48(49)71(54,16)17)41-61(57)74(62-35-46(66(5,6)7)36-63(75)64(62)73)58-30-29-45(65(2,3)4)34-47(58)44-25-21-20-22-26-44/h20-30,33-41H,31-32,42H2,1-19H3. The zero-order chi connectivity index (χ0) is 53.7. The third kappa shape index (κ3) is 7.24. The summed E-state index contributed by atoms with van der Waals surface area (Å²) in [5.41, 5.74) is 29.8. The highest BCUT2D eigenvalue weighted by Crippen LogP contribution is 2.57. The fraction of sp³-hybridized carbons (Fsp3) is 0.417. The minimum atomic E-state index is -0.233. The van der Waals surface area contributed by atoms with Crippen LogP contribution in [0.5, 0.6) is 0 Å². The summed E-state index contributed by atoms with van der Waals surface area (Å²) in [5.74, 6) is 0. The average molecular weight is 987 g/mol. The van der Waals surface area contributed by atoms with E-state index in [0.29, 0.717) is 0 Å². The molecule has 0 N–H and O–H groups in total. The number of anilines is 6. The monoisotopic (exact) mass is 987 g/mol. The molecule has 0 fully saturated rings. The Kier molecular flexibility index (Phi) is 10.5. The lowest BCUT2D eigenvalue weighted by Crippen LogP contribution is -2.62. The summed E-state index contributed by atoms with van der Waals surface area (Å²) in [6.07, 6.45) is 3.48. The highest BCUT2D eigenvalue weighted by molar-refractivity contribution is 7.00. The Morgan fingerprint density at radius 2 is 0.827 bits per heavy atom. The third-order valence-corrected chi connectivity index (χ3v) is 19.8. The van der Waals surface area contributed by atoms with Gasteiger partial charge in [0.05, 0.1) is 5.69 Å². The number of hydrogen-bond acceptors (Lipinski definition) is 2. The van der Waals surface area contributed by atoms with E-state index in [1.807, 2.05) is 0 Å². The van der Waals surface area contributed by atoms with Gasteiger partial charge in [0, 0.05) is 44.8 Å². The first-order chi connectivity index (χ1) is 34.8. The molecule has 2 aliphatic heterocycles. The van der Waals surface area contributed by atoms with Crippen LogP contribution < -0.4 is 26.2 Å². The minimum Gasteiger partial charge on any atom is -0.311 e. The number of fused-ring (bicyclic) bond motifs is 8. The van der Waals surface area contributed by atoms with Gasteiger partial charge in [-0.25, -0.2) is 0 Å². The molecule has 0 saturated heterocycles. The molecule has 0 radical (unpaired) electrons. The predicted octanol–water partition coefficient (Wildman–Crippen LogP) is 17.6. The van der Waals surface area contributed by atoms with Crippen LogP contribution in [0.3, 0.4) is 0 Å². The molecule has 7 aromatic carbocycles. The molecule has 0 bridgehead atoms. The molecule has 0 unspecified atom stereocenters. The van der Waals surface area contributed by atoms with Crippen molar-refractivity contribution in [2.75, 3.05) is 9.80 Å². The van der Waals surface area contributed by atoms with Gasteiger partial charge in [-0.3, -0.25) is 0 Å². The predicted molar refractivity (Wildman–Crippen MR) is 325 cm³/mol. The van der Waals surface area contributed by atoms with Crippen LogP contribution in [0.25, 0.3) is 11.1 Å². The van der Waals surface area contributed by atoms with E-state index in [4.69, 9.17) is 0 Å². The van der Waals surface area contributed by atoms with Crippen LogP contribution in [0.2, 0.25) is 0 Å². The summed E-state index contributed by atoms with van der Waals surface area (Å²) < 4.78 is 0. The Bertz CT molecular complexity index is 3560. The molecule has 0 aromatic heterocycles. The van der Waals surface area contributed by atoms with Crippen LogP contribution in [0.1, 0.15) is 205 Å². The van der Waals surface area contributed by atoms with Gasteiger partial charge in [-0.2, -0.15) is 0 Å². The summed E-state index contributed by atoms with van der Waals surface area (Å²) >= 11 is 0. The van der Waals surface area contributed by atoms with E-state index in [-0.39, 0.29) is 50.0 Å². The van der Waals surface area contributed by atoms with Crippen LogP contribution in [-0.4, -0.2) is 6.71 Å². The molecule has 75 heavy (non-hydrogen) atoms. The van der Waals surface area contributed by atoms with Gasteiger partial charge in [0.25, 0.3) is 6.71 Å². The van der Waals surface area contributed by atoms with Crippen molar-refractivity contribution in [2.24, 2.45) is 0 Å².